The van der Waals surface area contributed by atoms with Crippen LogP contribution in [0.2, 0.25) is 0 Å². The van der Waals surface area contributed by atoms with Gasteiger partial charge in [-0.15, -0.1) is 0 Å². The number of hydrogen-bond acceptors (Lipinski definition) is 2. The van der Waals surface area contributed by atoms with Crippen LogP contribution in [0.3, 0.4) is 0 Å². The van der Waals surface area contributed by atoms with Crippen molar-refractivity contribution in [2.75, 3.05) is 6.61 Å². The highest BCUT2D eigenvalue weighted by Gasteiger charge is 2.31. The minimum Gasteiger partial charge on any atom is -0.394 e. The Morgan fingerprint density at radius 1 is 1.33 bits per heavy atom. The standard InChI is InChI=1S/C10H12F3NO/c1-6-2-7(9(14)5-15)4-8(3-6)10(11,12)13/h2-4,9,15H,5,14H2,1H3. The van der Waals surface area contributed by atoms with Crippen LogP contribution in [0.1, 0.15) is 22.7 Å². The van der Waals surface area contributed by atoms with E-state index in [1.807, 2.05) is 0 Å². The average Bonchev–Trinajstić information content (AvgIpc) is 2.14. The van der Waals surface area contributed by atoms with E-state index >= 15 is 0 Å². The van der Waals surface area contributed by atoms with Crippen LogP contribution in [0.5, 0.6) is 0 Å². The minimum atomic E-state index is -4.38. The van der Waals surface area contributed by atoms with E-state index in [4.69, 9.17) is 10.8 Å². The number of aryl methyl sites for hydroxylation is 1. The number of aliphatic hydroxyl groups is 1. The summed E-state index contributed by atoms with van der Waals surface area (Å²) in [5.41, 5.74) is 5.49. The maximum Gasteiger partial charge on any atom is 0.416 e. The van der Waals surface area contributed by atoms with Gasteiger partial charge in [0, 0.05) is 0 Å². The van der Waals surface area contributed by atoms with E-state index in [2.05, 4.69) is 0 Å². The summed E-state index contributed by atoms with van der Waals surface area (Å²) in [5.74, 6) is 0. The molecule has 1 aromatic rings. The Balaban J connectivity index is 3.17. The molecule has 0 radical (unpaired) electrons. The summed E-state index contributed by atoms with van der Waals surface area (Å²) < 4.78 is 37.2. The fraction of sp³-hybridized carbons (Fsp3) is 0.400. The predicted octanol–water partition coefficient (Wildman–Crippen LogP) is 2.01. The molecule has 0 spiro atoms. The average molecular weight is 219 g/mol. The first kappa shape index (κ1) is 12.0. The predicted molar refractivity (Wildman–Crippen MR) is 50.2 cm³/mol. The zero-order valence-electron chi connectivity index (χ0n) is 8.17. The molecule has 0 aliphatic heterocycles. The normalized spacial score (nSPS) is 14.0. The zero-order valence-corrected chi connectivity index (χ0v) is 8.17. The molecule has 84 valence electrons. The summed E-state index contributed by atoms with van der Waals surface area (Å²) in [6, 6.07) is 2.78. The molecule has 0 heterocycles. The third kappa shape index (κ3) is 2.94. The smallest absolute Gasteiger partial charge is 0.394 e. The number of benzene rings is 1. The molecule has 2 nitrogen and oxygen atoms in total. The molecule has 0 aliphatic carbocycles. The van der Waals surface area contributed by atoms with Crippen molar-refractivity contribution in [1.29, 1.82) is 0 Å². The third-order valence-electron chi connectivity index (χ3n) is 2.05. The molecular formula is C10H12F3NO. The van der Waals surface area contributed by atoms with E-state index in [1.165, 1.54) is 6.07 Å². The second kappa shape index (κ2) is 4.20. The van der Waals surface area contributed by atoms with Gasteiger partial charge >= 0.3 is 6.18 Å². The molecule has 1 unspecified atom stereocenters. The van der Waals surface area contributed by atoms with Crippen molar-refractivity contribution in [2.24, 2.45) is 5.73 Å². The summed E-state index contributed by atoms with van der Waals surface area (Å²) >= 11 is 0. The lowest BCUT2D eigenvalue weighted by Gasteiger charge is -2.13. The summed E-state index contributed by atoms with van der Waals surface area (Å²) in [6.07, 6.45) is -4.38. The minimum absolute atomic E-state index is 0.296. The second-order valence-corrected chi connectivity index (χ2v) is 3.42. The molecule has 0 aromatic heterocycles. The van der Waals surface area contributed by atoms with Gasteiger partial charge in [-0.25, -0.2) is 0 Å². The van der Waals surface area contributed by atoms with E-state index < -0.39 is 17.8 Å². The number of aliphatic hydroxyl groups excluding tert-OH is 1. The van der Waals surface area contributed by atoms with Gasteiger partial charge in [-0.3, -0.25) is 0 Å². The molecule has 1 aromatic carbocycles. The quantitative estimate of drug-likeness (QED) is 0.799. The van der Waals surface area contributed by atoms with Crippen molar-refractivity contribution in [2.45, 2.75) is 19.1 Å². The first-order valence-corrected chi connectivity index (χ1v) is 4.40. The van der Waals surface area contributed by atoms with Crippen molar-refractivity contribution in [3.05, 3.63) is 34.9 Å². The van der Waals surface area contributed by atoms with E-state index in [1.54, 1.807) is 6.92 Å². The van der Waals surface area contributed by atoms with Crippen molar-refractivity contribution in [3.8, 4) is 0 Å². The summed E-state index contributed by atoms with van der Waals surface area (Å²) in [5, 5.41) is 8.77. The molecule has 5 heteroatoms. The van der Waals surface area contributed by atoms with Crippen LogP contribution in [0.25, 0.3) is 0 Å². The van der Waals surface area contributed by atoms with Crippen LogP contribution in [0.4, 0.5) is 13.2 Å². The lowest BCUT2D eigenvalue weighted by Crippen LogP contribution is -2.16. The Kier molecular flexibility index (Phi) is 3.36. The van der Waals surface area contributed by atoms with Gasteiger partial charge in [-0.1, -0.05) is 11.6 Å². The van der Waals surface area contributed by atoms with Gasteiger partial charge in [0.25, 0.3) is 0 Å². The first-order valence-electron chi connectivity index (χ1n) is 4.40. The van der Waals surface area contributed by atoms with Crippen molar-refractivity contribution < 1.29 is 18.3 Å². The van der Waals surface area contributed by atoms with Gasteiger partial charge < -0.3 is 10.8 Å². The van der Waals surface area contributed by atoms with Crippen molar-refractivity contribution >= 4 is 0 Å². The highest BCUT2D eigenvalue weighted by Crippen LogP contribution is 2.31. The van der Waals surface area contributed by atoms with Crippen LogP contribution in [0.15, 0.2) is 18.2 Å². The third-order valence-corrected chi connectivity index (χ3v) is 2.05. The molecule has 0 amide bonds. The topological polar surface area (TPSA) is 46.2 Å². The maximum atomic E-state index is 12.4. The summed E-state index contributed by atoms with van der Waals surface area (Å²) in [6.45, 7) is 1.18. The Morgan fingerprint density at radius 3 is 2.40 bits per heavy atom. The summed E-state index contributed by atoms with van der Waals surface area (Å²) in [4.78, 5) is 0. The lowest BCUT2D eigenvalue weighted by atomic mass is 10.0. The van der Waals surface area contributed by atoms with Crippen LogP contribution in [0, 0.1) is 6.92 Å². The number of halogens is 3. The van der Waals surface area contributed by atoms with E-state index in [0.717, 1.165) is 12.1 Å². The number of alkyl halides is 3. The van der Waals surface area contributed by atoms with Gasteiger partial charge in [0.1, 0.15) is 0 Å². The van der Waals surface area contributed by atoms with Crippen molar-refractivity contribution in [3.63, 3.8) is 0 Å². The van der Waals surface area contributed by atoms with E-state index in [-0.39, 0.29) is 6.61 Å². The van der Waals surface area contributed by atoms with Gasteiger partial charge in [0.05, 0.1) is 18.2 Å². The molecule has 3 N–H and O–H groups in total. The zero-order chi connectivity index (χ0) is 11.6. The highest BCUT2D eigenvalue weighted by atomic mass is 19.4. The van der Waals surface area contributed by atoms with Crippen LogP contribution in [-0.2, 0) is 6.18 Å². The molecule has 0 saturated carbocycles. The molecule has 0 fully saturated rings. The first-order chi connectivity index (χ1) is 6.84. The number of hydrogen-bond donors (Lipinski definition) is 2. The monoisotopic (exact) mass is 219 g/mol. The van der Waals surface area contributed by atoms with Gasteiger partial charge in [-0.2, -0.15) is 13.2 Å². The molecule has 1 rings (SSSR count). The molecular weight excluding hydrogens is 207 g/mol. The van der Waals surface area contributed by atoms with Gasteiger partial charge in [0.2, 0.25) is 0 Å². The van der Waals surface area contributed by atoms with Gasteiger partial charge in [0.15, 0.2) is 0 Å². The molecule has 15 heavy (non-hydrogen) atoms. The van der Waals surface area contributed by atoms with Crippen molar-refractivity contribution in [1.82, 2.24) is 0 Å². The van der Waals surface area contributed by atoms with Crippen LogP contribution in [-0.4, -0.2) is 11.7 Å². The van der Waals surface area contributed by atoms with Crippen LogP contribution < -0.4 is 5.73 Å². The van der Waals surface area contributed by atoms with Gasteiger partial charge in [-0.05, 0) is 24.6 Å². The number of nitrogens with two attached hydrogens (primary N) is 1. The number of rotatable bonds is 2. The maximum absolute atomic E-state index is 12.4. The Labute approximate surface area is 85.5 Å². The lowest BCUT2D eigenvalue weighted by molar-refractivity contribution is -0.137. The van der Waals surface area contributed by atoms with E-state index in [9.17, 15) is 13.2 Å². The Morgan fingerprint density at radius 2 is 1.93 bits per heavy atom. The van der Waals surface area contributed by atoms with Crippen LogP contribution >= 0.6 is 0 Å². The molecule has 0 bridgehead atoms. The largest absolute Gasteiger partial charge is 0.416 e. The molecule has 0 saturated heterocycles. The Bertz CT molecular complexity index is 349. The fourth-order valence-corrected chi connectivity index (χ4v) is 1.30. The molecule has 0 aliphatic rings. The second-order valence-electron chi connectivity index (χ2n) is 3.42. The highest BCUT2D eigenvalue weighted by molar-refractivity contribution is 5.32. The summed E-state index contributed by atoms with van der Waals surface area (Å²) in [7, 11) is 0. The fourth-order valence-electron chi connectivity index (χ4n) is 1.30. The molecule has 1 atom stereocenters. The van der Waals surface area contributed by atoms with E-state index in [0.29, 0.717) is 11.1 Å². The SMILES string of the molecule is Cc1cc(C(N)CO)cc(C(F)(F)F)c1. The Hall–Kier alpha value is -1.07.